The number of aryl methyl sites for hydroxylation is 1. The molecule has 0 radical (unpaired) electrons. The first-order chi connectivity index (χ1) is 8.11. The van der Waals surface area contributed by atoms with Crippen LogP contribution in [0.25, 0.3) is 0 Å². The Kier molecular flexibility index (Phi) is 3.72. The van der Waals surface area contributed by atoms with Crippen LogP contribution >= 0.6 is 23.2 Å². The molecule has 3 heteroatoms. The zero-order valence-electron chi connectivity index (χ0n) is 9.45. The van der Waals surface area contributed by atoms with E-state index in [4.69, 9.17) is 28.9 Å². The van der Waals surface area contributed by atoms with E-state index >= 15 is 0 Å². The summed E-state index contributed by atoms with van der Waals surface area (Å²) in [7, 11) is 0. The van der Waals surface area contributed by atoms with E-state index in [1.165, 1.54) is 0 Å². The molecule has 2 aromatic carbocycles. The summed E-state index contributed by atoms with van der Waals surface area (Å²) in [5.41, 5.74) is 9.21. The van der Waals surface area contributed by atoms with Gasteiger partial charge in [0.15, 0.2) is 0 Å². The second kappa shape index (κ2) is 5.09. The summed E-state index contributed by atoms with van der Waals surface area (Å²) in [6.45, 7) is 2.03. The summed E-state index contributed by atoms with van der Waals surface area (Å²) in [6.07, 6.45) is 0. The standard InChI is InChI=1S/C14H13Cl2N/c1-9-5-2-3-6-10(9)14(17)13-11(15)7-4-8-12(13)16/h2-8,14H,17H2,1H3. The lowest BCUT2D eigenvalue weighted by Gasteiger charge is -2.17. The number of halogens is 2. The molecule has 0 aliphatic rings. The quantitative estimate of drug-likeness (QED) is 0.859. The SMILES string of the molecule is Cc1ccccc1C(N)c1c(Cl)cccc1Cl. The van der Waals surface area contributed by atoms with E-state index in [0.29, 0.717) is 10.0 Å². The van der Waals surface area contributed by atoms with Crippen molar-refractivity contribution in [2.75, 3.05) is 0 Å². The summed E-state index contributed by atoms with van der Waals surface area (Å²) in [5.74, 6) is 0. The van der Waals surface area contributed by atoms with Gasteiger partial charge >= 0.3 is 0 Å². The molecule has 2 N–H and O–H groups in total. The minimum absolute atomic E-state index is 0.294. The molecular formula is C14H13Cl2N. The lowest BCUT2D eigenvalue weighted by atomic mass is 9.96. The maximum absolute atomic E-state index is 6.25. The lowest BCUT2D eigenvalue weighted by Crippen LogP contribution is -2.14. The van der Waals surface area contributed by atoms with Crippen molar-refractivity contribution in [2.45, 2.75) is 13.0 Å². The molecule has 0 amide bonds. The van der Waals surface area contributed by atoms with Crippen molar-refractivity contribution >= 4 is 23.2 Å². The molecule has 88 valence electrons. The van der Waals surface area contributed by atoms with Crippen LogP contribution in [0.3, 0.4) is 0 Å². The Balaban J connectivity index is 2.51. The van der Waals surface area contributed by atoms with Gasteiger partial charge in [0.25, 0.3) is 0 Å². The van der Waals surface area contributed by atoms with Gasteiger partial charge in [-0.1, -0.05) is 53.5 Å². The Morgan fingerprint density at radius 2 is 1.53 bits per heavy atom. The van der Waals surface area contributed by atoms with Crippen LogP contribution in [-0.2, 0) is 0 Å². The number of benzene rings is 2. The molecule has 0 saturated carbocycles. The number of rotatable bonds is 2. The third-order valence-electron chi connectivity index (χ3n) is 2.83. The van der Waals surface area contributed by atoms with Crippen LogP contribution in [0.4, 0.5) is 0 Å². The molecule has 0 bridgehead atoms. The fourth-order valence-corrected chi connectivity index (χ4v) is 2.53. The van der Waals surface area contributed by atoms with Gasteiger partial charge in [-0.25, -0.2) is 0 Å². The summed E-state index contributed by atoms with van der Waals surface area (Å²) >= 11 is 12.3. The maximum Gasteiger partial charge on any atom is 0.0583 e. The normalized spacial score (nSPS) is 12.5. The number of hydrogen-bond acceptors (Lipinski definition) is 1. The average molecular weight is 266 g/mol. The van der Waals surface area contributed by atoms with Gasteiger partial charge in [0.05, 0.1) is 6.04 Å². The highest BCUT2D eigenvalue weighted by molar-refractivity contribution is 6.36. The van der Waals surface area contributed by atoms with Crippen LogP contribution in [0.15, 0.2) is 42.5 Å². The van der Waals surface area contributed by atoms with Crippen molar-refractivity contribution in [3.05, 3.63) is 69.2 Å². The predicted octanol–water partition coefficient (Wildman–Crippen LogP) is 4.35. The van der Waals surface area contributed by atoms with Crippen molar-refractivity contribution < 1.29 is 0 Å². The van der Waals surface area contributed by atoms with Crippen molar-refractivity contribution in [3.8, 4) is 0 Å². The van der Waals surface area contributed by atoms with Crippen molar-refractivity contribution in [3.63, 3.8) is 0 Å². The van der Waals surface area contributed by atoms with E-state index < -0.39 is 0 Å². The van der Waals surface area contributed by atoms with Crippen molar-refractivity contribution in [2.24, 2.45) is 5.73 Å². The van der Waals surface area contributed by atoms with Crippen molar-refractivity contribution in [1.82, 2.24) is 0 Å². The van der Waals surface area contributed by atoms with E-state index in [1.807, 2.05) is 37.3 Å². The summed E-state index contributed by atoms with van der Waals surface area (Å²) in [5, 5.41) is 1.21. The largest absolute Gasteiger partial charge is 0.320 e. The fourth-order valence-electron chi connectivity index (χ4n) is 1.90. The zero-order valence-corrected chi connectivity index (χ0v) is 11.0. The van der Waals surface area contributed by atoms with Crippen LogP contribution in [0.1, 0.15) is 22.7 Å². The zero-order chi connectivity index (χ0) is 12.4. The molecule has 1 nitrogen and oxygen atoms in total. The van der Waals surface area contributed by atoms with Gasteiger partial charge in [0, 0.05) is 15.6 Å². The van der Waals surface area contributed by atoms with E-state index in [0.717, 1.165) is 16.7 Å². The minimum Gasteiger partial charge on any atom is -0.320 e. The molecule has 0 aliphatic heterocycles. The number of nitrogens with two attached hydrogens (primary N) is 1. The van der Waals surface area contributed by atoms with E-state index in [-0.39, 0.29) is 6.04 Å². The van der Waals surface area contributed by atoms with Gasteiger partial charge in [-0.3, -0.25) is 0 Å². The van der Waals surface area contributed by atoms with Crippen molar-refractivity contribution in [1.29, 1.82) is 0 Å². The van der Waals surface area contributed by atoms with Crippen LogP contribution in [0.2, 0.25) is 10.0 Å². The van der Waals surface area contributed by atoms with Crippen LogP contribution < -0.4 is 5.73 Å². The maximum atomic E-state index is 6.25. The second-order valence-corrected chi connectivity index (χ2v) is 4.78. The van der Waals surface area contributed by atoms with Gasteiger partial charge in [0.1, 0.15) is 0 Å². The molecule has 0 heterocycles. The monoisotopic (exact) mass is 265 g/mol. The van der Waals surface area contributed by atoms with E-state index in [2.05, 4.69) is 0 Å². The van der Waals surface area contributed by atoms with Gasteiger partial charge in [-0.2, -0.15) is 0 Å². The topological polar surface area (TPSA) is 26.0 Å². The molecular weight excluding hydrogens is 253 g/mol. The van der Waals surface area contributed by atoms with Gasteiger partial charge in [0.2, 0.25) is 0 Å². The van der Waals surface area contributed by atoms with Gasteiger partial charge in [-0.05, 0) is 30.2 Å². The van der Waals surface area contributed by atoms with Gasteiger partial charge in [-0.15, -0.1) is 0 Å². The van der Waals surface area contributed by atoms with E-state index in [9.17, 15) is 0 Å². The summed E-state index contributed by atoms with van der Waals surface area (Å²) in [4.78, 5) is 0. The molecule has 2 aromatic rings. The molecule has 1 atom stereocenters. The highest BCUT2D eigenvalue weighted by Crippen LogP contribution is 2.33. The highest BCUT2D eigenvalue weighted by Gasteiger charge is 2.17. The van der Waals surface area contributed by atoms with Gasteiger partial charge < -0.3 is 5.73 Å². The number of hydrogen-bond donors (Lipinski definition) is 1. The molecule has 0 aromatic heterocycles. The third kappa shape index (κ3) is 2.47. The Bertz CT molecular complexity index is 517. The minimum atomic E-state index is -0.294. The smallest absolute Gasteiger partial charge is 0.0583 e. The summed E-state index contributed by atoms with van der Waals surface area (Å²) in [6, 6.07) is 13.1. The first-order valence-corrected chi connectivity index (χ1v) is 6.12. The Morgan fingerprint density at radius 3 is 2.12 bits per heavy atom. The molecule has 0 spiro atoms. The Morgan fingerprint density at radius 1 is 0.941 bits per heavy atom. The fraction of sp³-hybridized carbons (Fsp3) is 0.143. The molecule has 17 heavy (non-hydrogen) atoms. The molecule has 0 aliphatic carbocycles. The third-order valence-corrected chi connectivity index (χ3v) is 3.49. The summed E-state index contributed by atoms with van der Waals surface area (Å²) < 4.78 is 0. The van der Waals surface area contributed by atoms with E-state index in [1.54, 1.807) is 12.1 Å². The Labute approximate surface area is 111 Å². The molecule has 2 rings (SSSR count). The molecule has 0 saturated heterocycles. The molecule has 0 fully saturated rings. The van der Waals surface area contributed by atoms with Crippen LogP contribution in [0.5, 0.6) is 0 Å². The second-order valence-electron chi connectivity index (χ2n) is 3.97. The average Bonchev–Trinajstić information content (AvgIpc) is 2.29. The Hall–Kier alpha value is -1.02. The first kappa shape index (κ1) is 12.4. The highest BCUT2D eigenvalue weighted by atomic mass is 35.5. The molecule has 1 unspecified atom stereocenters. The predicted molar refractivity (Wildman–Crippen MR) is 73.7 cm³/mol. The first-order valence-electron chi connectivity index (χ1n) is 5.36. The van der Waals surface area contributed by atoms with Crippen LogP contribution in [-0.4, -0.2) is 0 Å². The van der Waals surface area contributed by atoms with Crippen LogP contribution in [0, 0.1) is 6.92 Å². The lowest BCUT2D eigenvalue weighted by molar-refractivity contribution is 0.862.